The highest BCUT2D eigenvalue weighted by Crippen LogP contribution is 2.27. The molecule has 0 spiro atoms. The van der Waals surface area contributed by atoms with Crippen LogP contribution in [0.15, 0.2) is 0 Å². The Morgan fingerprint density at radius 2 is 1.94 bits per heavy atom. The van der Waals surface area contributed by atoms with Gasteiger partial charge in [-0.25, -0.2) is 4.98 Å². The molecule has 0 amide bonds. The van der Waals surface area contributed by atoms with Gasteiger partial charge in [-0.15, -0.1) is 6.42 Å². The van der Waals surface area contributed by atoms with Crippen LogP contribution in [0.1, 0.15) is 45.0 Å². The van der Waals surface area contributed by atoms with Crippen LogP contribution in [0.3, 0.4) is 0 Å². The van der Waals surface area contributed by atoms with Gasteiger partial charge in [-0.3, -0.25) is 0 Å². The molecule has 0 unspecified atom stereocenters. The summed E-state index contributed by atoms with van der Waals surface area (Å²) in [4.78, 5) is 8.90. The molecule has 0 fully saturated rings. The lowest BCUT2D eigenvalue weighted by molar-refractivity contribution is 0.162. The number of aromatic nitrogens is 2. The van der Waals surface area contributed by atoms with E-state index in [4.69, 9.17) is 11.2 Å². The van der Waals surface area contributed by atoms with Crippen LogP contribution in [0.4, 0.5) is 5.82 Å². The van der Waals surface area contributed by atoms with Crippen LogP contribution in [0.2, 0.25) is 0 Å². The SMILES string of the molecule is C#CC(C)(C)Oc1nc(C(C)C)nc(NC)c1C. The van der Waals surface area contributed by atoms with Crippen molar-refractivity contribution in [3.63, 3.8) is 0 Å². The van der Waals surface area contributed by atoms with Gasteiger partial charge in [-0.1, -0.05) is 19.8 Å². The highest BCUT2D eigenvalue weighted by molar-refractivity contribution is 5.48. The minimum Gasteiger partial charge on any atom is -0.458 e. The smallest absolute Gasteiger partial charge is 0.223 e. The zero-order chi connectivity index (χ0) is 13.9. The Hall–Kier alpha value is -1.76. The zero-order valence-electron chi connectivity index (χ0n) is 12.0. The largest absolute Gasteiger partial charge is 0.458 e. The number of hydrogen-bond acceptors (Lipinski definition) is 4. The maximum absolute atomic E-state index is 5.79. The highest BCUT2D eigenvalue weighted by Gasteiger charge is 2.21. The second-order valence-corrected chi connectivity index (χ2v) is 5.02. The highest BCUT2D eigenvalue weighted by atomic mass is 16.5. The van der Waals surface area contributed by atoms with E-state index in [-0.39, 0.29) is 5.92 Å². The fraction of sp³-hybridized carbons (Fsp3) is 0.571. The molecule has 18 heavy (non-hydrogen) atoms. The van der Waals surface area contributed by atoms with E-state index in [9.17, 15) is 0 Å². The summed E-state index contributed by atoms with van der Waals surface area (Å²) in [6.45, 7) is 9.67. The van der Waals surface area contributed by atoms with Gasteiger partial charge in [0.15, 0.2) is 5.60 Å². The molecule has 1 aromatic heterocycles. The Balaban J connectivity index is 3.26. The van der Waals surface area contributed by atoms with Gasteiger partial charge >= 0.3 is 0 Å². The fourth-order valence-electron chi connectivity index (χ4n) is 1.38. The molecule has 98 valence electrons. The molecule has 1 N–H and O–H groups in total. The summed E-state index contributed by atoms with van der Waals surface area (Å²) in [5, 5.41) is 3.05. The molecular formula is C14H21N3O. The van der Waals surface area contributed by atoms with Crippen molar-refractivity contribution in [2.24, 2.45) is 0 Å². The summed E-state index contributed by atoms with van der Waals surface area (Å²) in [6, 6.07) is 0. The van der Waals surface area contributed by atoms with E-state index in [1.54, 1.807) is 0 Å². The van der Waals surface area contributed by atoms with Crippen molar-refractivity contribution in [1.29, 1.82) is 0 Å². The van der Waals surface area contributed by atoms with Gasteiger partial charge < -0.3 is 10.1 Å². The number of terminal acetylenes is 1. The summed E-state index contributed by atoms with van der Waals surface area (Å²) in [5.41, 5.74) is 0.184. The Bertz CT molecular complexity index is 473. The van der Waals surface area contributed by atoms with E-state index >= 15 is 0 Å². The predicted octanol–water partition coefficient (Wildman–Crippen LogP) is 2.74. The van der Waals surface area contributed by atoms with Crippen molar-refractivity contribution in [2.75, 3.05) is 12.4 Å². The van der Waals surface area contributed by atoms with Crippen molar-refractivity contribution < 1.29 is 4.74 Å². The molecular weight excluding hydrogens is 226 g/mol. The van der Waals surface area contributed by atoms with Gasteiger partial charge in [-0.2, -0.15) is 4.98 Å². The average molecular weight is 247 g/mol. The molecule has 0 atom stereocenters. The molecule has 0 bridgehead atoms. The number of anilines is 1. The number of ether oxygens (including phenoxy) is 1. The first-order valence-electron chi connectivity index (χ1n) is 6.03. The standard InChI is InChI=1S/C14H21N3O/c1-8-14(5,6)18-13-10(4)12(15-7)16-11(17-13)9(2)3/h1,9H,2-7H3,(H,15,16,17). The maximum atomic E-state index is 5.79. The monoisotopic (exact) mass is 247 g/mol. The summed E-state index contributed by atoms with van der Waals surface area (Å²) in [7, 11) is 1.83. The van der Waals surface area contributed by atoms with E-state index < -0.39 is 5.60 Å². The quantitative estimate of drug-likeness (QED) is 0.831. The van der Waals surface area contributed by atoms with E-state index in [0.29, 0.717) is 5.88 Å². The fourth-order valence-corrected chi connectivity index (χ4v) is 1.38. The molecule has 1 aromatic rings. The van der Waals surface area contributed by atoms with Crippen LogP contribution in [0.25, 0.3) is 0 Å². The Morgan fingerprint density at radius 1 is 1.33 bits per heavy atom. The van der Waals surface area contributed by atoms with E-state index in [1.807, 2.05) is 41.7 Å². The van der Waals surface area contributed by atoms with Crippen LogP contribution >= 0.6 is 0 Å². The second-order valence-electron chi connectivity index (χ2n) is 5.02. The van der Waals surface area contributed by atoms with E-state index in [1.165, 1.54) is 0 Å². The van der Waals surface area contributed by atoms with Gasteiger partial charge in [-0.05, 0) is 20.8 Å². The summed E-state index contributed by atoms with van der Waals surface area (Å²) < 4.78 is 5.79. The molecule has 1 rings (SSSR count). The number of rotatable bonds is 4. The normalized spacial score (nSPS) is 11.2. The van der Waals surface area contributed by atoms with Crippen molar-refractivity contribution in [3.8, 4) is 18.2 Å². The number of nitrogens with one attached hydrogen (secondary N) is 1. The van der Waals surface area contributed by atoms with Crippen molar-refractivity contribution in [1.82, 2.24) is 9.97 Å². The molecule has 0 aliphatic heterocycles. The predicted molar refractivity (Wildman–Crippen MR) is 73.9 cm³/mol. The lowest BCUT2D eigenvalue weighted by Gasteiger charge is -2.22. The Labute approximate surface area is 109 Å². The van der Waals surface area contributed by atoms with E-state index in [0.717, 1.165) is 17.2 Å². The Kier molecular flexibility index (Phi) is 4.18. The Morgan fingerprint density at radius 3 is 2.39 bits per heavy atom. The third-order valence-electron chi connectivity index (χ3n) is 2.57. The lowest BCUT2D eigenvalue weighted by atomic mass is 10.1. The summed E-state index contributed by atoms with van der Waals surface area (Å²) >= 11 is 0. The molecule has 0 saturated carbocycles. The first-order chi connectivity index (χ1) is 8.30. The average Bonchev–Trinajstić information content (AvgIpc) is 2.31. The first-order valence-corrected chi connectivity index (χ1v) is 6.03. The minimum atomic E-state index is -0.682. The van der Waals surface area contributed by atoms with Crippen LogP contribution in [0.5, 0.6) is 5.88 Å². The third kappa shape index (κ3) is 3.13. The number of nitrogens with zero attached hydrogens (tertiary/aromatic N) is 2. The molecule has 0 saturated heterocycles. The molecule has 4 heteroatoms. The molecule has 0 aromatic carbocycles. The van der Waals surface area contributed by atoms with Gasteiger partial charge in [0.05, 0.1) is 5.56 Å². The molecule has 0 aliphatic carbocycles. The third-order valence-corrected chi connectivity index (χ3v) is 2.57. The summed E-state index contributed by atoms with van der Waals surface area (Å²) in [5.74, 6) is 4.89. The topological polar surface area (TPSA) is 47.0 Å². The van der Waals surface area contributed by atoms with Gasteiger partial charge in [0.2, 0.25) is 5.88 Å². The van der Waals surface area contributed by atoms with Crippen molar-refractivity contribution in [2.45, 2.75) is 46.1 Å². The maximum Gasteiger partial charge on any atom is 0.223 e. The second kappa shape index (κ2) is 5.26. The first kappa shape index (κ1) is 14.3. The van der Waals surface area contributed by atoms with Crippen LogP contribution < -0.4 is 10.1 Å². The van der Waals surface area contributed by atoms with Crippen LogP contribution in [0, 0.1) is 19.3 Å². The molecule has 1 heterocycles. The van der Waals surface area contributed by atoms with Gasteiger partial charge in [0, 0.05) is 13.0 Å². The van der Waals surface area contributed by atoms with Crippen LogP contribution in [-0.4, -0.2) is 22.6 Å². The van der Waals surface area contributed by atoms with Crippen molar-refractivity contribution >= 4 is 5.82 Å². The summed E-state index contributed by atoms with van der Waals surface area (Å²) in [6.07, 6.45) is 5.44. The zero-order valence-corrected chi connectivity index (χ0v) is 12.0. The van der Waals surface area contributed by atoms with Gasteiger partial charge in [0.1, 0.15) is 11.6 Å². The molecule has 0 radical (unpaired) electrons. The minimum absolute atomic E-state index is 0.231. The van der Waals surface area contributed by atoms with Crippen LogP contribution in [-0.2, 0) is 0 Å². The van der Waals surface area contributed by atoms with Crippen molar-refractivity contribution in [3.05, 3.63) is 11.4 Å². The lowest BCUT2D eigenvalue weighted by Crippen LogP contribution is -2.27. The van der Waals surface area contributed by atoms with Gasteiger partial charge in [0.25, 0.3) is 0 Å². The van der Waals surface area contributed by atoms with E-state index in [2.05, 4.69) is 21.2 Å². The molecule has 4 nitrogen and oxygen atoms in total. The number of hydrogen-bond donors (Lipinski definition) is 1. The molecule has 0 aliphatic rings.